The molecule has 0 aliphatic heterocycles. The van der Waals surface area contributed by atoms with Crippen LogP contribution in [-0.2, 0) is 28.6 Å². The molecular weight excluding hydrogens is 961 g/mol. The predicted molar refractivity (Wildman–Crippen MR) is 339 cm³/mol. The lowest BCUT2D eigenvalue weighted by Gasteiger charge is -2.18. The Labute approximate surface area is 480 Å². The van der Waals surface area contributed by atoms with Crippen LogP contribution in [0.5, 0.6) is 0 Å². The molecule has 0 aromatic carbocycles. The first-order valence-corrected chi connectivity index (χ1v) is 31.8. The Morgan fingerprint density at radius 3 is 0.808 bits per heavy atom. The second kappa shape index (κ2) is 64.8. The van der Waals surface area contributed by atoms with Crippen LogP contribution < -0.4 is 0 Å². The van der Waals surface area contributed by atoms with E-state index in [4.69, 9.17) is 14.2 Å². The summed E-state index contributed by atoms with van der Waals surface area (Å²) in [4.78, 5) is 38.1. The molecule has 0 aromatic rings. The smallest absolute Gasteiger partial charge is 0.306 e. The lowest BCUT2D eigenvalue weighted by molar-refractivity contribution is -0.167. The maximum absolute atomic E-state index is 12.8. The molecule has 0 spiro atoms. The summed E-state index contributed by atoms with van der Waals surface area (Å²) < 4.78 is 16.8. The number of ether oxygens (including phenoxy) is 3. The molecule has 0 saturated carbocycles. The average Bonchev–Trinajstić information content (AvgIpc) is 3.44. The van der Waals surface area contributed by atoms with Crippen molar-refractivity contribution in [1.82, 2.24) is 0 Å². The van der Waals surface area contributed by atoms with Crippen LogP contribution in [0.15, 0.2) is 146 Å². The van der Waals surface area contributed by atoms with Crippen LogP contribution in [0.25, 0.3) is 0 Å². The second-order valence-corrected chi connectivity index (χ2v) is 20.6. The summed E-state index contributed by atoms with van der Waals surface area (Å²) in [5.41, 5.74) is 0. The van der Waals surface area contributed by atoms with Gasteiger partial charge in [-0.1, -0.05) is 269 Å². The zero-order chi connectivity index (χ0) is 56.4. The van der Waals surface area contributed by atoms with Gasteiger partial charge in [-0.2, -0.15) is 0 Å². The summed E-state index contributed by atoms with van der Waals surface area (Å²) in [5.74, 6) is -0.938. The largest absolute Gasteiger partial charge is 0.462 e. The Balaban J connectivity index is 4.28. The maximum Gasteiger partial charge on any atom is 0.306 e. The van der Waals surface area contributed by atoms with Crippen molar-refractivity contribution in [3.8, 4) is 0 Å². The molecule has 6 nitrogen and oxygen atoms in total. The van der Waals surface area contributed by atoms with Gasteiger partial charge in [0.25, 0.3) is 0 Å². The number of unbranched alkanes of at least 4 members (excludes halogenated alkanes) is 21. The first kappa shape index (κ1) is 73.3. The molecule has 0 N–H and O–H groups in total. The van der Waals surface area contributed by atoms with Crippen LogP contribution in [0.1, 0.15) is 271 Å². The number of esters is 3. The molecule has 6 heteroatoms. The normalized spacial score (nSPS) is 13.1. The number of carbonyl (C=O) groups excluding carboxylic acids is 3. The topological polar surface area (TPSA) is 78.9 Å². The highest BCUT2D eigenvalue weighted by atomic mass is 16.6. The van der Waals surface area contributed by atoms with Gasteiger partial charge in [0.2, 0.25) is 0 Å². The fourth-order valence-corrected chi connectivity index (χ4v) is 8.32. The van der Waals surface area contributed by atoms with Gasteiger partial charge in [-0.3, -0.25) is 14.4 Å². The molecule has 0 amide bonds. The summed E-state index contributed by atoms with van der Waals surface area (Å²) in [5, 5.41) is 0. The van der Waals surface area contributed by atoms with Crippen molar-refractivity contribution in [3.05, 3.63) is 146 Å². The molecule has 0 bridgehead atoms. The molecule has 0 aromatic heterocycles. The molecule has 1 unspecified atom stereocenters. The molecule has 0 radical (unpaired) electrons. The number of carbonyl (C=O) groups is 3. The minimum atomic E-state index is -0.799. The van der Waals surface area contributed by atoms with E-state index in [-0.39, 0.29) is 31.1 Å². The molecule has 0 heterocycles. The Hall–Kier alpha value is -4.71. The van der Waals surface area contributed by atoms with Gasteiger partial charge in [-0.15, -0.1) is 0 Å². The number of hydrogen-bond acceptors (Lipinski definition) is 6. The summed E-state index contributed by atoms with van der Waals surface area (Å²) in [6.07, 6.45) is 92.9. The third-order valence-corrected chi connectivity index (χ3v) is 13.1. The molecule has 1 atom stereocenters. The maximum atomic E-state index is 12.8. The number of hydrogen-bond donors (Lipinski definition) is 0. The summed E-state index contributed by atoms with van der Waals surface area (Å²) in [6, 6.07) is 0. The van der Waals surface area contributed by atoms with E-state index in [0.29, 0.717) is 19.3 Å². The SMILES string of the molecule is CC/C=C\C/C=C\C/C=C\C/C=C\C/C=C\C/C=C\C/C=C\C/C=C\C/C=C\C/C=C\CCCCCCC(=O)OCC(COC(=O)CCCCCCCCCCCC)OC(=O)CCCCCCC/C=C\C/C=C\CCCCC. The van der Waals surface area contributed by atoms with Crippen molar-refractivity contribution < 1.29 is 28.6 Å². The van der Waals surface area contributed by atoms with Crippen molar-refractivity contribution in [1.29, 1.82) is 0 Å². The minimum Gasteiger partial charge on any atom is -0.462 e. The molecule has 0 saturated heterocycles. The summed E-state index contributed by atoms with van der Waals surface area (Å²) in [7, 11) is 0. The molecule has 440 valence electrons. The zero-order valence-electron chi connectivity index (χ0n) is 50.4. The first-order valence-electron chi connectivity index (χ1n) is 31.8. The molecule has 0 rings (SSSR count). The van der Waals surface area contributed by atoms with Gasteiger partial charge in [-0.25, -0.2) is 0 Å². The third kappa shape index (κ3) is 62.1. The van der Waals surface area contributed by atoms with Crippen molar-refractivity contribution in [2.45, 2.75) is 277 Å². The van der Waals surface area contributed by atoms with Crippen molar-refractivity contribution in [2.24, 2.45) is 0 Å². The van der Waals surface area contributed by atoms with Crippen LogP contribution in [0.3, 0.4) is 0 Å². The van der Waals surface area contributed by atoms with Gasteiger partial charge in [0.15, 0.2) is 6.10 Å². The van der Waals surface area contributed by atoms with E-state index in [9.17, 15) is 14.4 Å². The van der Waals surface area contributed by atoms with Gasteiger partial charge in [-0.05, 0) is 128 Å². The van der Waals surface area contributed by atoms with Crippen LogP contribution in [0.4, 0.5) is 0 Å². The molecule has 0 fully saturated rings. The average molecular weight is 1080 g/mol. The molecule has 0 aliphatic carbocycles. The lowest BCUT2D eigenvalue weighted by Crippen LogP contribution is -2.30. The molecular formula is C72H116O6. The Bertz CT molecular complexity index is 1710. The second-order valence-electron chi connectivity index (χ2n) is 20.6. The van der Waals surface area contributed by atoms with Crippen LogP contribution in [-0.4, -0.2) is 37.2 Å². The molecule has 78 heavy (non-hydrogen) atoms. The molecule has 0 aliphatic rings. The van der Waals surface area contributed by atoms with Crippen LogP contribution in [0.2, 0.25) is 0 Å². The van der Waals surface area contributed by atoms with E-state index in [1.165, 1.54) is 70.6 Å². The lowest BCUT2D eigenvalue weighted by atomic mass is 10.1. The minimum absolute atomic E-state index is 0.0940. The quantitative estimate of drug-likeness (QED) is 0.0261. The monoisotopic (exact) mass is 1080 g/mol. The van der Waals surface area contributed by atoms with E-state index in [2.05, 4.69) is 167 Å². The van der Waals surface area contributed by atoms with Gasteiger partial charge >= 0.3 is 17.9 Å². The predicted octanol–water partition coefficient (Wildman–Crippen LogP) is 21.9. The highest BCUT2D eigenvalue weighted by Crippen LogP contribution is 2.14. The van der Waals surface area contributed by atoms with E-state index >= 15 is 0 Å². The highest BCUT2D eigenvalue weighted by molar-refractivity contribution is 5.71. The Morgan fingerprint density at radius 1 is 0.269 bits per heavy atom. The summed E-state index contributed by atoms with van der Waals surface area (Å²) >= 11 is 0. The number of allylic oxidation sites excluding steroid dienone is 24. The fourth-order valence-electron chi connectivity index (χ4n) is 8.32. The van der Waals surface area contributed by atoms with Crippen molar-refractivity contribution in [3.63, 3.8) is 0 Å². The van der Waals surface area contributed by atoms with E-state index < -0.39 is 6.10 Å². The standard InChI is InChI=1S/C72H116O6/c1-4-7-10-13-16-19-22-24-26-27-28-29-30-31-32-33-34-35-36-37-38-39-40-41-42-43-44-45-47-48-50-53-56-59-62-65-71(74)77-68-69(67-76-70(73)64-61-58-55-52-21-18-15-12-9-6-3)78-72(75)66-63-60-57-54-51-49-46-25-23-20-17-14-11-8-5-2/h7,10,16-17,19-20,24-26,28-29,31-32,34-35,37-38,40-41,43-44,46-48,69H,4-6,8-9,11-15,18,21-23,27,30,33,36,39,42,45,49-68H2,1-3H3/b10-7-,19-16-,20-17-,26-24-,29-28-,32-31-,35-34-,38-37-,41-40-,44-43-,46-25-,48-47-. The Morgan fingerprint density at radius 2 is 0.500 bits per heavy atom. The third-order valence-electron chi connectivity index (χ3n) is 13.1. The fraction of sp³-hybridized carbons (Fsp3) is 0.625. The zero-order valence-corrected chi connectivity index (χ0v) is 50.4. The Kier molecular flexibility index (Phi) is 60.9. The highest BCUT2D eigenvalue weighted by Gasteiger charge is 2.19. The van der Waals surface area contributed by atoms with E-state index in [1.807, 2.05) is 0 Å². The van der Waals surface area contributed by atoms with Gasteiger partial charge < -0.3 is 14.2 Å². The van der Waals surface area contributed by atoms with Gasteiger partial charge in [0.1, 0.15) is 13.2 Å². The van der Waals surface area contributed by atoms with Gasteiger partial charge in [0, 0.05) is 19.3 Å². The van der Waals surface area contributed by atoms with E-state index in [1.54, 1.807) is 0 Å². The van der Waals surface area contributed by atoms with Crippen molar-refractivity contribution in [2.75, 3.05) is 13.2 Å². The van der Waals surface area contributed by atoms with Crippen molar-refractivity contribution >= 4 is 17.9 Å². The first-order chi connectivity index (χ1) is 38.5. The van der Waals surface area contributed by atoms with Crippen LogP contribution in [0, 0.1) is 0 Å². The van der Waals surface area contributed by atoms with Gasteiger partial charge in [0.05, 0.1) is 0 Å². The summed E-state index contributed by atoms with van der Waals surface area (Å²) in [6.45, 7) is 6.45. The van der Waals surface area contributed by atoms with Crippen LogP contribution >= 0.6 is 0 Å². The number of rotatable bonds is 56. The van der Waals surface area contributed by atoms with E-state index in [0.717, 1.165) is 161 Å².